The summed E-state index contributed by atoms with van der Waals surface area (Å²) in [6.07, 6.45) is 1.18. The molecule has 168 valence electrons. The van der Waals surface area contributed by atoms with Crippen LogP contribution in [0.4, 0.5) is 10.5 Å². The van der Waals surface area contributed by atoms with Crippen LogP contribution in [-0.2, 0) is 14.3 Å². The Morgan fingerprint density at radius 2 is 1.91 bits per heavy atom. The van der Waals surface area contributed by atoms with Crippen molar-refractivity contribution in [1.82, 2.24) is 15.6 Å². The molecule has 3 amide bonds. The van der Waals surface area contributed by atoms with Crippen molar-refractivity contribution in [2.75, 3.05) is 24.7 Å². The van der Waals surface area contributed by atoms with Gasteiger partial charge in [0.2, 0.25) is 5.91 Å². The number of benzene rings is 1. The molecule has 4 heterocycles. The number of nitrogens with one attached hydrogen (secondary N) is 2. The number of ether oxygens (including phenoxy) is 3. The third-order valence-electron chi connectivity index (χ3n) is 6.09. The monoisotopic (exact) mass is 438 g/mol. The Kier molecular flexibility index (Phi) is 5.67. The second-order valence-corrected chi connectivity index (χ2v) is 8.30. The van der Waals surface area contributed by atoms with Crippen molar-refractivity contribution in [2.45, 2.75) is 43.7 Å². The number of pyridine rings is 1. The Morgan fingerprint density at radius 1 is 1.09 bits per heavy atom. The number of nitrogens with zero attached hydrogens (tertiary/aromatic N) is 2. The molecule has 0 radical (unpaired) electrons. The van der Waals surface area contributed by atoms with E-state index in [1.54, 1.807) is 11.1 Å². The van der Waals surface area contributed by atoms with Crippen LogP contribution in [0.3, 0.4) is 0 Å². The number of anilines is 1. The molecule has 1 aromatic heterocycles. The topological polar surface area (TPSA) is 102 Å². The van der Waals surface area contributed by atoms with Gasteiger partial charge in [-0.25, -0.2) is 4.79 Å². The van der Waals surface area contributed by atoms with Crippen LogP contribution in [0.5, 0.6) is 5.75 Å². The normalized spacial score (nSPS) is 29.1. The van der Waals surface area contributed by atoms with Crippen LogP contribution in [0, 0.1) is 6.92 Å². The number of carbonyl (C=O) groups is 2. The highest BCUT2D eigenvalue weighted by molar-refractivity contribution is 5.96. The summed E-state index contributed by atoms with van der Waals surface area (Å²) in [6, 6.07) is 12.3. The van der Waals surface area contributed by atoms with E-state index < -0.39 is 0 Å². The molecule has 9 nitrogen and oxygen atoms in total. The summed E-state index contributed by atoms with van der Waals surface area (Å²) in [5.41, 5.74) is 1.64. The number of amides is 3. The molecule has 0 spiro atoms. The number of hydrogen-bond acceptors (Lipinski definition) is 6. The number of aromatic nitrogens is 1. The second-order valence-electron chi connectivity index (χ2n) is 8.30. The highest BCUT2D eigenvalue weighted by Gasteiger charge is 2.49. The summed E-state index contributed by atoms with van der Waals surface area (Å²) in [5.74, 6) is 0.698. The summed E-state index contributed by atoms with van der Waals surface area (Å²) in [6.45, 7) is 3.06. The van der Waals surface area contributed by atoms with Gasteiger partial charge in [-0.15, -0.1) is 0 Å². The van der Waals surface area contributed by atoms with Gasteiger partial charge < -0.3 is 29.7 Å². The standard InChI is InChI=1S/C23H26N4O5/c1-14-18(8-5-9-24-14)32-19-13-31-21-17(12-30-22(19)21)26-23(29)25-15-10-20(28)27(11-15)16-6-3-2-4-7-16/h2-9,15,17,19,21-22H,10-13H2,1H3,(H2,25,26,29)/t15?,17-,19-,21+,22+/m0/s1. The molecule has 0 aliphatic carbocycles. The molecule has 2 aromatic rings. The van der Waals surface area contributed by atoms with Gasteiger partial charge in [0.1, 0.15) is 18.0 Å². The lowest BCUT2D eigenvalue weighted by Crippen LogP contribution is -2.51. The number of urea groups is 1. The molecule has 32 heavy (non-hydrogen) atoms. The Morgan fingerprint density at radius 3 is 2.72 bits per heavy atom. The maximum absolute atomic E-state index is 12.6. The van der Waals surface area contributed by atoms with Crippen molar-refractivity contribution in [2.24, 2.45) is 0 Å². The zero-order valence-electron chi connectivity index (χ0n) is 17.8. The molecule has 5 rings (SSSR count). The van der Waals surface area contributed by atoms with Gasteiger partial charge in [0.05, 0.1) is 31.0 Å². The van der Waals surface area contributed by atoms with Crippen molar-refractivity contribution >= 4 is 17.6 Å². The Balaban J connectivity index is 1.14. The zero-order chi connectivity index (χ0) is 22.1. The van der Waals surface area contributed by atoms with Crippen LogP contribution in [-0.4, -0.2) is 67.1 Å². The van der Waals surface area contributed by atoms with Crippen LogP contribution < -0.4 is 20.3 Å². The van der Waals surface area contributed by atoms with Crippen LogP contribution in [0.2, 0.25) is 0 Å². The van der Waals surface area contributed by atoms with Crippen LogP contribution in [0.1, 0.15) is 12.1 Å². The minimum Gasteiger partial charge on any atom is -0.483 e. The summed E-state index contributed by atoms with van der Waals surface area (Å²) < 4.78 is 17.9. The lowest BCUT2D eigenvalue weighted by Gasteiger charge is -2.20. The van der Waals surface area contributed by atoms with E-state index in [1.807, 2.05) is 49.4 Å². The maximum Gasteiger partial charge on any atom is 0.315 e. The third-order valence-corrected chi connectivity index (χ3v) is 6.09. The lowest BCUT2D eigenvalue weighted by atomic mass is 10.1. The quantitative estimate of drug-likeness (QED) is 0.732. The predicted molar refractivity (Wildman–Crippen MR) is 116 cm³/mol. The number of rotatable bonds is 5. The fourth-order valence-corrected chi connectivity index (χ4v) is 4.50. The highest BCUT2D eigenvalue weighted by Crippen LogP contribution is 2.30. The molecule has 5 atom stereocenters. The van der Waals surface area contributed by atoms with E-state index >= 15 is 0 Å². The lowest BCUT2D eigenvalue weighted by molar-refractivity contribution is -0.117. The minimum atomic E-state index is -0.331. The third kappa shape index (κ3) is 4.13. The number of aryl methyl sites for hydroxylation is 1. The van der Waals surface area contributed by atoms with Gasteiger partial charge in [0.15, 0.2) is 6.10 Å². The Labute approximate surface area is 186 Å². The molecule has 3 saturated heterocycles. The van der Waals surface area contributed by atoms with Crippen LogP contribution >= 0.6 is 0 Å². The van der Waals surface area contributed by atoms with E-state index in [0.29, 0.717) is 25.5 Å². The van der Waals surface area contributed by atoms with E-state index in [4.69, 9.17) is 14.2 Å². The molecule has 1 aromatic carbocycles. The van der Waals surface area contributed by atoms with E-state index in [0.717, 1.165) is 11.4 Å². The van der Waals surface area contributed by atoms with Gasteiger partial charge in [0.25, 0.3) is 0 Å². The molecule has 3 fully saturated rings. The van der Waals surface area contributed by atoms with E-state index in [1.165, 1.54) is 0 Å². The summed E-state index contributed by atoms with van der Waals surface area (Å²) >= 11 is 0. The summed E-state index contributed by atoms with van der Waals surface area (Å²) in [7, 11) is 0. The zero-order valence-corrected chi connectivity index (χ0v) is 17.8. The van der Waals surface area contributed by atoms with Gasteiger partial charge in [-0.2, -0.15) is 0 Å². The van der Waals surface area contributed by atoms with Crippen LogP contribution in [0.15, 0.2) is 48.7 Å². The Hall–Kier alpha value is -3.17. The fraction of sp³-hybridized carbons (Fsp3) is 0.435. The maximum atomic E-state index is 12.6. The first-order valence-electron chi connectivity index (χ1n) is 10.8. The number of para-hydroxylation sites is 1. The van der Waals surface area contributed by atoms with Crippen molar-refractivity contribution in [3.63, 3.8) is 0 Å². The molecule has 3 aliphatic heterocycles. The van der Waals surface area contributed by atoms with E-state index in [2.05, 4.69) is 15.6 Å². The van der Waals surface area contributed by atoms with Gasteiger partial charge in [0, 0.05) is 24.8 Å². The van der Waals surface area contributed by atoms with E-state index in [9.17, 15) is 9.59 Å². The molecule has 2 N–H and O–H groups in total. The smallest absolute Gasteiger partial charge is 0.315 e. The summed E-state index contributed by atoms with van der Waals surface area (Å²) in [5, 5.41) is 5.86. The van der Waals surface area contributed by atoms with Gasteiger partial charge in [-0.3, -0.25) is 9.78 Å². The molecule has 9 heteroatoms. The first kappa shape index (κ1) is 20.7. The largest absolute Gasteiger partial charge is 0.483 e. The fourth-order valence-electron chi connectivity index (χ4n) is 4.50. The summed E-state index contributed by atoms with van der Waals surface area (Å²) in [4.78, 5) is 30.9. The molecular weight excluding hydrogens is 412 g/mol. The molecule has 3 aliphatic rings. The highest BCUT2D eigenvalue weighted by atomic mass is 16.6. The first-order chi connectivity index (χ1) is 15.6. The SMILES string of the molecule is Cc1ncccc1O[C@H]1CO[C@H]2[C@@H]1OC[C@@H]2NC(=O)NC1CC(=O)N(c2ccccc2)C1. The second kappa shape index (κ2) is 8.76. The first-order valence-corrected chi connectivity index (χ1v) is 10.8. The number of carbonyl (C=O) groups excluding carboxylic acids is 2. The predicted octanol–water partition coefficient (Wildman–Crippen LogP) is 1.41. The van der Waals surface area contributed by atoms with Crippen molar-refractivity contribution < 1.29 is 23.8 Å². The number of fused-ring (bicyclic) bond motifs is 1. The molecule has 1 unspecified atom stereocenters. The average molecular weight is 438 g/mol. The molecular formula is C23H26N4O5. The molecule has 0 bridgehead atoms. The van der Waals surface area contributed by atoms with Crippen molar-refractivity contribution in [3.05, 3.63) is 54.4 Å². The van der Waals surface area contributed by atoms with Gasteiger partial charge >= 0.3 is 6.03 Å². The Bertz CT molecular complexity index is 987. The minimum absolute atomic E-state index is 0.00410. The van der Waals surface area contributed by atoms with Gasteiger partial charge in [-0.05, 0) is 31.2 Å². The number of hydrogen-bond donors (Lipinski definition) is 2. The van der Waals surface area contributed by atoms with E-state index in [-0.39, 0.29) is 48.8 Å². The van der Waals surface area contributed by atoms with Crippen molar-refractivity contribution in [3.8, 4) is 5.75 Å². The molecule has 0 saturated carbocycles. The average Bonchev–Trinajstić information content (AvgIpc) is 3.47. The van der Waals surface area contributed by atoms with Crippen molar-refractivity contribution in [1.29, 1.82) is 0 Å². The van der Waals surface area contributed by atoms with Crippen LogP contribution in [0.25, 0.3) is 0 Å². The van der Waals surface area contributed by atoms with Gasteiger partial charge in [-0.1, -0.05) is 18.2 Å².